The van der Waals surface area contributed by atoms with Crippen LogP contribution in [-0.4, -0.2) is 58.5 Å². The number of carboxylic acid groups (broad SMARTS) is 1. The Kier molecular flexibility index (Phi) is 7.56. The topological polar surface area (TPSA) is 161 Å². The van der Waals surface area contributed by atoms with E-state index in [0.29, 0.717) is 5.56 Å². The molecule has 1 heterocycles. The molecule has 4 N–H and O–H groups in total. The van der Waals surface area contributed by atoms with E-state index >= 15 is 0 Å². The van der Waals surface area contributed by atoms with Crippen molar-refractivity contribution in [2.75, 3.05) is 6.54 Å². The van der Waals surface area contributed by atoms with Crippen LogP contribution in [0.4, 0.5) is 0 Å². The Labute approximate surface area is 197 Å². The fourth-order valence-electron chi connectivity index (χ4n) is 4.05. The maximum atomic E-state index is 13.5. The molecule has 0 aliphatic carbocycles. The zero-order chi connectivity index (χ0) is 25.0. The zero-order valence-electron chi connectivity index (χ0n) is 19.5. The third kappa shape index (κ3) is 5.53. The fraction of sp³-hybridized carbons (Fsp3) is 0.458. The lowest BCUT2D eigenvalue weighted by molar-refractivity contribution is -0.160. The van der Waals surface area contributed by atoms with E-state index in [0.717, 1.165) is 15.7 Å². The van der Waals surface area contributed by atoms with Crippen molar-refractivity contribution in [3.63, 3.8) is 0 Å². The van der Waals surface area contributed by atoms with Gasteiger partial charge in [0.2, 0.25) is 11.8 Å². The van der Waals surface area contributed by atoms with Crippen LogP contribution in [0, 0.1) is 5.41 Å². The first-order valence-corrected chi connectivity index (χ1v) is 11.1. The number of hydrogen-bond acceptors (Lipinski definition) is 6. The standard InChI is InChI=1S/C24H30N6O4/c1-24(2,3)20(25)22(32)30(21(31)18-12-17(13-27-18)28-29-26)19(23(33)34)11-14-8-9-15-6-4-5-7-16(15)10-14/h4-10,17-20,27H,11-13,25H2,1-3H3,(H,33,34)/t17-,18-,19?,20+/m0/s1. The summed E-state index contributed by atoms with van der Waals surface area (Å²) in [4.78, 5) is 42.9. The SMILES string of the molecule is CC(C)(C)[C@H](N)C(=O)N(C(=O)[C@@H]1C[C@H](N=[N+]=[N-])CN1)C(Cc1ccc2ccccc2c1)C(=O)O. The van der Waals surface area contributed by atoms with Crippen molar-refractivity contribution in [1.82, 2.24) is 10.2 Å². The van der Waals surface area contributed by atoms with E-state index in [1.54, 1.807) is 26.8 Å². The minimum absolute atomic E-state index is 0.0684. The van der Waals surface area contributed by atoms with Crippen LogP contribution in [0.25, 0.3) is 21.2 Å². The Balaban J connectivity index is 1.98. The van der Waals surface area contributed by atoms with Crippen LogP contribution < -0.4 is 11.1 Å². The number of hydrogen-bond donors (Lipinski definition) is 3. The van der Waals surface area contributed by atoms with Crippen LogP contribution in [0.5, 0.6) is 0 Å². The second kappa shape index (κ2) is 10.2. The molecule has 10 nitrogen and oxygen atoms in total. The number of azide groups is 1. The van der Waals surface area contributed by atoms with Gasteiger partial charge in [-0.05, 0) is 33.7 Å². The van der Waals surface area contributed by atoms with Gasteiger partial charge in [0, 0.05) is 17.9 Å². The Morgan fingerprint density at radius 1 is 1.24 bits per heavy atom. The van der Waals surface area contributed by atoms with E-state index in [9.17, 15) is 19.5 Å². The molecule has 10 heteroatoms. The first-order chi connectivity index (χ1) is 16.0. The third-order valence-corrected chi connectivity index (χ3v) is 6.13. The molecule has 1 fully saturated rings. The molecule has 0 radical (unpaired) electrons. The van der Waals surface area contributed by atoms with Gasteiger partial charge in [-0.1, -0.05) is 68.4 Å². The van der Waals surface area contributed by atoms with E-state index < -0.39 is 47.4 Å². The van der Waals surface area contributed by atoms with Crippen molar-refractivity contribution in [2.24, 2.45) is 16.3 Å². The number of benzene rings is 2. The molecular formula is C24H30N6O4. The van der Waals surface area contributed by atoms with E-state index in [1.165, 1.54) is 0 Å². The maximum Gasteiger partial charge on any atom is 0.327 e. The van der Waals surface area contributed by atoms with Crippen molar-refractivity contribution in [3.05, 3.63) is 58.5 Å². The minimum atomic E-state index is -1.45. The Morgan fingerprint density at radius 2 is 1.91 bits per heavy atom. The maximum absolute atomic E-state index is 13.5. The van der Waals surface area contributed by atoms with Gasteiger partial charge in [0.05, 0.1) is 18.1 Å². The van der Waals surface area contributed by atoms with Gasteiger partial charge < -0.3 is 16.2 Å². The number of rotatable bonds is 7. The summed E-state index contributed by atoms with van der Waals surface area (Å²) >= 11 is 0. The highest BCUT2D eigenvalue weighted by molar-refractivity contribution is 6.03. The third-order valence-electron chi connectivity index (χ3n) is 6.13. The van der Waals surface area contributed by atoms with E-state index in [1.807, 2.05) is 36.4 Å². The second-order valence-corrected chi connectivity index (χ2v) is 9.69. The number of carbonyl (C=O) groups excluding carboxylic acids is 2. The first kappa shape index (κ1) is 25.2. The van der Waals surface area contributed by atoms with Gasteiger partial charge in [-0.15, -0.1) is 0 Å². The predicted octanol–water partition coefficient (Wildman–Crippen LogP) is 2.60. The summed E-state index contributed by atoms with van der Waals surface area (Å²) in [6.45, 7) is 5.52. The average Bonchev–Trinajstić information content (AvgIpc) is 3.26. The molecular weight excluding hydrogens is 436 g/mol. The first-order valence-electron chi connectivity index (χ1n) is 11.1. The van der Waals surface area contributed by atoms with Gasteiger partial charge in [-0.3, -0.25) is 14.5 Å². The molecule has 4 atom stereocenters. The van der Waals surface area contributed by atoms with Crippen LogP contribution in [-0.2, 0) is 20.8 Å². The van der Waals surface area contributed by atoms with Gasteiger partial charge in [0.15, 0.2) is 0 Å². The lowest BCUT2D eigenvalue weighted by Crippen LogP contribution is -2.60. The van der Waals surface area contributed by atoms with Crippen molar-refractivity contribution in [1.29, 1.82) is 0 Å². The Bertz CT molecular complexity index is 1140. The molecule has 0 aromatic heterocycles. The van der Waals surface area contributed by atoms with Crippen LogP contribution >= 0.6 is 0 Å². The molecule has 2 aromatic carbocycles. The van der Waals surface area contributed by atoms with E-state index in [-0.39, 0.29) is 19.4 Å². The van der Waals surface area contributed by atoms with Crippen molar-refractivity contribution >= 4 is 28.6 Å². The molecule has 1 unspecified atom stereocenters. The van der Waals surface area contributed by atoms with Gasteiger partial charge in [-0.25, -0.2) is 4.79 Å². The van der Waals surface area contributed by atoms with Crippen molar-refractivity contribution < 1.29 is 19.5 Å². The summed E-state index contributed by atoms with van der Waals surface area (Å²) in [5.74, 6) is -2.74. The minimum Gasteiger partial charge on any atom is -0.480 e. The number of nitrogens with one attached hydrogen (secondary N) is 1. The number of aliphatic carboxylic acids is 1. The molecule has 1 aliphatic rings. The number of imide groups is 1. The highest BCUT2D eigenvalue weighted by atomic mass is 16.4. The highest BCUT2D eigenvalue weighted by Crippen LogP contribution is 2.24. The highest BCUT2D eigenvalue weighted by Gasteiger charge is 2.44. The van der Waals surface area contributed by atoms with Gasteiger partial charge in [-0.2, -0.15) is 0 Å². The fourth-order valence-corrected chi connectivity index (χ4v) is 4.05. The van der Waals surface area contributed by atoms with Crippen molar-refractivity contribution in [2.45, 2.75) is 57.8 Å². The second-order valence-electron chi connectivity index (χ2n) is 9.69. The molecule has 3 rings (SSSR count). The number of carboxylic acids is 1. The molecule has 2 aromatic rings. The molecule has 0 spiro atoms. The quantitative estimate of drug-likeness (QED) is 0.323. The van der Waals surface area contributed by atoms with Gasteiger partial charge in [0.1, 0.15) is 6.04 Å². The smallest absolute Gasteiger partial charge is 0.327 e. The molecule has 34 heavy (non-hydrogen) atoms. The van der Waals surface area contributed by atoms with Crippen LogP contribution in [0.1, 0.15) is 32.8 Å². The summed E-state index contributed by atoms with van der Waals surface area (Å²) < 4.78 is 0. The number of amides is 2. The molecule has 180 valence electrons. The predicted molar refractivity (Wildman–Crippen MR) is 128 cm³/mol. The van der Waals surface area contributed by atoms with Crippen LogP contribution in [0.15, 0.2) is 47.6 Å². The normalized spacial score (nSPS) is 19.8. The molecule has 0 bridgehead atoms. The lowest BCUT2D eigenvalue weighted by atomic mass is 9.86. The van der Waals surface area contributed by atoms with Gasteiger partial charge >= 0.3 is 5.97 Å². The molecule has 1 aliphatic heterocycles. The Morgan fingerprint density at radius 3 is 2.53 bits per heavy atom. The monoisotopic (exact) mass is 466 g/mol. The average molecular weight is 467 g/mol. The number of nitrogens with zero attached hydrogens (tertiary/aromatic N) is 4. The van der Waals surface area contributed by atoms with Gasteiger partial charge in [0.25, 0.3) is 0 Å². The van der Waals surface area contributed by atoms with Crippen LogP contribution in [0.2, 0.25) is 0 Å². The van der Waals surface area contributed by atoms with E-state index in [2.05, 4.69) is 15.3 Å². The summed E-state index contributed by atoms with van der Waals surface area (Å²) in [5.41, 5.74) is 14.9. The van der Waals surface area contributed by atoms with Crippen LogP contribution in [0.3, 0.4) is 0 Å². The Hall–Kier alpha value is -3.46. The summed E-state index contributed by atoms with van der Waals surface area (Å²) in [5, 5.41) is 18.6. The lowest BCUT2D eigenvalue weighted by Gasteiger charge is -2.35. The zero-order valence-corrected chi connectivity index (χ0v) is 19.5. The van der Waals surface area contributed by atoms with E-state index in [4.69, 9.17) is 11.3 Å². The molecule has 1 saturated heterocycles. The number of nitrogens with two attached hydrogens (primary N) is 1. The summed E-state index contributed by atoms with van der Waals surface area (Å²) in [7, 11) is 0. The summed E-state index contributed by atoms with van der Waals surface area (Å²) in [6, 6.07) is 9.31. The molecule has 0 saturated carbocycles. The summed E-state index contributed by atoms with van der Waals surface area (Å²) in [6.07, 6.45) is 0.0980. The number of carbonyl (C=O) groups is 3. The van der Waals surface area contributed by atoms with Crippen molar-refractivity contribution in [3.8, 4) is 0 Å². The number of fused-ring (bicyclic) bond motifs is 1. The molecule has 2 amide bonds. The largest absolute Gasteiger partial charge is 0.480 e.